The molecule has 1 amide bonds. The number of hydrogen-bond donors (Lipinski definition) is 2. The second-order valence-corrected chi connectivity index (χ2v) is 10.4. The van der Waals surface area contributed by atoms with E-state index in [1.54, 1.807) is 29.9 Å². The number of nitrogens with one attached hydrogen (secondary N) is 2. The quantitative estimate of drug-likeness (QED) is 0.267. The molecule has 1 unspecified atom stereocenters. The number of carbonyl (C=O) groups excluding carboxylic acids is 1. The zero-order chi connectivity index (χ0) is 28.8. The molecule has 4 aromatic rings. The van der Waals surface area contributed by atoms with Gasteiger partial charge in [0.2, 0.25) is 5.91 Å². The topological polar surface area (TPSA) is 108 Å². The molecule has 2 N–H and O–H groups in total. The van der Waals surface area contributed by atoms with Gasteiger partial charge in [-0.15, -0.1) is 0 Å². The van der Waals surface area contributed by atoms with Crippen molar-refractivity contribution in [3.63, 3.8) is 0 Å². The molecule has 1 aliphatic carbocycles. The number of hydrogen-bond acceptors (Lipinski definition) is 7. The number of anilines is 3. The van der Waals surface area contributed by atoms with Crippen LogP contribution in [0.15, 0.2) is 24.3 Å². The summed E-state index contributed by atoms with van der Waals surface area (Å²) in [5.41, 5.74) is 2.28. The van der Waals surface area contributed by atoms with E-state index in [1.807, 2.05) is 6.92 Å². The van der Waals surface area contributed by atoms with Crippen molar-refractivity contribution in [3.05, 3.63) is 41.6 Å². The van der Waals surface area contributed by atoms with Crippen molar-refractivity contribution in [2.75, 3.05) is 24.4 Å². The van der Waals surface area contributed by atoms with Gasteiger partial charge in [-0.1, -0.05) is 0 Å². The first-order valence-electron chi connectivity index (χ1n) is 13.5. The summed E-state index contributed by atoms with van der Waals surface area (Å²) in [4.78, 5) is 21.4. The summed E-state index contributed by atoms with van der Waals surface area (Å²) in [6.45, 7) is 2.29. The first kappa shape index (κ1) is 27.1. The summed E-state index contributed by atoms with van der Waals surface area (Å²) in [6.07, 6.45) is 0.120. The molecule has 1 saturated carbocycles. The molecule has 13 heteroatoms. The van der Waals surface area contributed by atoms with Gasteiger partial charge in [-0.2, -0.15) is 5.10 Å². The van der Waals surface area contributed by atoms with E-state index in [0.29, 0.717) is 18.7 Å². The molecule has 0 bridgehead atoms. The number of aryl methyl sites for hydroxylation is 2. The number of fused-ring (bicyclic) bond motifs is 1. The Kier molecular flexibility index (Phi) is 7.06. The maximum absolute atomic E-state index is 15.7. The molecule has 4 heterocycles. The molecule has 1 aromatic carbocycles. The van der Waals surface area contributed by atoms with Gasteiger partial charge >= 0.3 is 0 Å². The van der Waals surface area contributed by atoms with E-state index in [2.05, 4.69) is 25.7 Å². The molecule has 0 spiro atoms. The minimum absolute atomic E-state index is 0.0940. The minimum Gasteiger partial charge on any atom is -0.492 e. The smallest absolute Gasteiger partial charge is 0.295 e. The number of ether oxygens (including phenoxy) is 2. The lowest BCUT2D eigenvalue weighted by molar-refractivity contribution is -0.117. The Bertz CT molecular complexity index is 1600. The molecule has 2 aliphatic rings. The van der Waals surface area contributed by atoms with Crippen LogP contribution in [0.4, 0.5) is 30.4 Å². The lowest BCUT2D eigenvalue weighted by atomic mass is 10.1. The molecule has 41 heavy (non-hydrogen) atoms. The molecule has 0 radical (unpaired) electrons. The lowest BCUT2D eigenvalue weighted by Gasteiger charge is -2.25. The van der Waals surface area contributed by atoms with Gasteiger partial charge in [-0.3, -0.25) is 14.0 Å². The third-order valence-electron chi connectivity index (χ3n) is 7.47. The fraction of sp³-hybridized carbons (Fsp3) is 0.429. The maximum Gasteiger partial charge on any atom is 0.295 e. The monoisotopic (exact) mass is 569 g/mol. The normalized spacial score (nSPS) is 17.3. The van der Waals surface area contributed by atoms with Crippen LogP contribution in [0.3, 0.4) is 0 Å². The van der Waals surface area contributed by atoms with Gasteiger partial charge in [0.15, 0.2) is 23.0 Å². The molecule has 1 atom stereocenters. The van der Waals surface area contributed by atoms with Crippen LogP contribution in [0.2, 0.25) is 0 Å². The number of benzene rings is 1. The van der Waals surface area contributed by atoms with Crippen molar-refractivity contribution in [3.8, 4) is 17.0 Å². The van der Waals surface area contributed by atoms with Crippen LogP contribution in [0.1, 0.15) is 56.3 Å². The molecule has 1 saturated heterocycles. The summed E-state index contributed by atoms with van der Waals surface area (Å²) in [5, 5.41) is 10.3. The lowest BCUT2D eigenvalue weighted by Crippen LogP contribution is -2.21. The molecular formula is C28H30F3N7O3. The third kappa shape index (κ3) is 5.09. The van der Waals surface area contributed by atoms with Gasteiger partial charge < -0.3 is 20.1 Å². The van der Waals surface area contributed by atoms with E-state index in [0.717, 1.165) is 31.4 Å². The number of alkyl halides is 2. The van der Waals surface area contributed by atoms with E-state index in [4.69, 9.17) is 9.47 Å². The van der Waals surface area contributed by atoms with Crippen molar-refractivity contribution in [1.29, 1.82) is 0 Å². The highest BCUT2D eigenvalue weighted by atomic mass is 19.3. The SMILES string of the molecule is COc1c(Nc2cc(NC(=O)C3CC3)nc3c2nc(C(F)F)n3C2CCCCO2)ccc(-c2cc(C)n(C)n2)c1F. The van der Waals surface area contributed by atoms with Crippen LogP contribution >= 0.6 is 0 Å². The molecule has 216 valence electrons. The Morgan fingerprint density at radius 1 is 1.15 bits per heavy atom. The highest BCUT2D eigenvalue weighted by Crippen LogP contribution is 2.40. The summed E-state index contributed by atoms with van der Waals surface area (Å²) >= 11 is 0. The predicted molar refractivity (Wildman–Crippen MR) is 146 cm³/mol. The van der Waals surface area contributed by atoms with Crippen molar-refractivity contribution in [1.82, 2.24) is 24.3 Å². The van der Waals surface area contributed by atoms with Gasteiger partial charge in [-0.25, -0.2) is 23.1 Å². The first-order valence-corrected chi connectivity index (χ1v) is 13.5. The number of amides is 1. The Labute approximate surface area is 233 Å². The molecule has 2 fully saturated rings. The number of halogens is 3. The van der Waals surface area contributed by atoms with Gasteiger partial charge in [-0.05, 0) is 57.2 Å². The number of carbonyl (C=O) groups is 1. The standard InChI is InChI=1S/C28H30F3N7O3/c1-14-12-18(36-37(14)2)16-9-10-17(24(40-3)22(16)29)32-19-13-20(34-28(39)15-7-8-15)33-26-23(19)35-27(25(30)31)38(26)21-6-4-5-11-41-21/h9-10,12-13,15,21,25H,4-8,11H2,1-3H3,(H2,32,33,34,39). The molecule has 3 aromatic heterocycles. The van der Waals surface area contributed by atoms with Gasteiger partial charge in [0.25, 0.3) is 6.43 Å². The average molecular weight is 570 g/mol. The zero-order valence-corrected chi connectivity index (χ0v) is 22.9. The highest BCUT2D eigenvalue weighted by molar-refractivity contribution is 5.97. The average Bonchev–Trinajstić information content (AvgIpc) is 3.66. The van der Waals surface area contributed by atoms with Crippen molar-refractivity contribution < 1.29 is 27.4 Å². The van der Waals surface area contributed by atoms with Gasteiger partial charge in [0.1, 0.15) is 17.6 Å². The molecule has 1 aliphatic heterocycles. The Morgan fingerprint density at radius 2 is 1.95 bits per heavy atom. The number of methoxy groups -OCH3 is 1. The Balaban J connectivity index is 1.47. The number of nitrogens with zero attached hydrogens (tertiary/aromatic N) is 5. The highest BCUT2D eigenvalue weighted by Gasteiger charge is 2.32. The van der Waals surface area contributed by atoms with Crippen LogP contribution in [-0.4, -0.2) is 43.9 Å². The number of imidazole rings is 1. The second kappa shape index (κ2) is 10.7. The van der Waals surface area contributed by atoms with Crippen LogP contribution in [0, 0.1) is 18.7 Å². The van der Waals surface area contributed by atoms with E-state index in [-0.39, 0.29) is 51.5 Å². The van der Waals surface area contributed by atoms with Gasteiger partial charge in [0.05, 0.1) is 24.2 Å². The fourth-order valence-electron chi connectivity index (χ4n) is 5.07. The van der Waals surface area contributed by atoms with Crippen LogP contribution in [0.5, 0.6) is 5.75 Å². The largest absolute Gasteiger partial charge is 0.492 e. The van der Waals surface area contributed by atoms with E-state index >= 15 is 4.39 Å². The maximum atomic E-state index is 15.7. The van der Waals surface area contributed by atoms with E-state index in [9.17, 15) is 13.6 Å². The van der Waals surface area contributed by atoms with Crippen LogP contribution in [-0.2, 0) is 16.6 Å². The van der Waals surface area contributed by atoms with E-state index < -0.39 is 24.3 Å². The van der Waals surface area contributed by atoms with Gasteiger partial charge in [0, 0.05) is 36.9 Å². The predicted octanol–water partition coefficient (Wildman–Crippen LogP) is 6.02. The van der Waals surface area contributed by atoms with Crippen LogP contribution < -0.4 is 15.4 Å². The summed E-state index contributed by atoms with van der Waals surface area (Å²) < 4.78 is 58.5. The Hall–Kier alpha value is -4.13. The fourth-order valence-corrected chi connectivity index (χ4v) is 5.07. The second-order valence-electron chi connectivity index (χ2n) is 10.4. The zero-order valence-electron chi connectivity index (χ0n) is 22.9. The first-order chi connectivity index (χ1) is 19.7. The molecule has 10 nitrogen and oxygen atoms in total. The molecule has 6 rings (SSSR count). The number of rotatable bonds is 8. The molecular weight excluding hydrogens is 539 g/mol. The van der Waals surface area contributed by atoms with Crippen molar-refractivity contribution in [2.24, 2.45) is 13.0 Å². The van der Waals surface area contributed by atoms with E-state index in [1.165, 1.54) is 17.7 Å². The van der Waals surface area contributed by atoms with Crippen molar-refractivity contribution >= 4 is 34.3 Å². The van der Waals surface area contributed by atoms with Crippen molar-refractivity contribution in [2.45, 2.75) is 51.7 Å². The minimum atomic E-state index is -2.90. The summed E-state index contributed by atoms with van der Waals surface area (Å²) in [6, 6.07) is 6.45. The van der Waals surface area contributed by atoms with Crippen LogP contribution in [0.25, 0.3) is 22.4 Å². The third-order valence-corrected chi connectivity index (χ3v) is 7.47. The summed E-state index contributed by atoms with van der Waals surface area (Å²) in [5.74, 6) is -1.37. The Morgan fingerprint density at radius 3 is 2.59 bits per heavy atom. The number of aromatic nitrogens is 5. The number of pyridine rings is 1. The summed E-state index contributed by atoms with van der Waals surface area (Å²) in [7, 11) is 3.10.